The standard InChI is InChI=1S/C20H19FN6O3/c21-17-4-2-1-3-16(17)20(29)22-15-7-5-14(6-8-15)19-23-25-27(24-19)13-18(28)26-9-11-30-12-10-26/h1-8H,9-13H2,(H,22,29). The minimum Gasteiger partial charge on any atom is -0.378 e. The molecule has 1 fully saturated rings. The smallest absolute Gasteiger partial charge is 0.258 e. The summed E-state index contributed by atoms with van der Waals surface area (Å²) < 4.78 is 19.0. The first kappa shape index (κ1) is 19.6. The second kappa shape index (κ2) is 8.78. The minimum absolute atomic E-state index is 0.00375. The third-order valence-electron chi connectivity index (χ3n) is 4.61. The lowest BCUT2D eigenvalue weighted by Gasteiger charge is -2.26. The summed E-state index contributed by atoms with van der Waals surface area (Å²) in [6.45, 7) is 2.17. The Labute approximate surface area is 171 Å². The molecule has 154 valence electrons. The molecule has 2 amide bonds. The van der Waals surface area contributed by atoms with Crippen molar-refractivity contribution in [2.75, 3.05) is 31.6 Å². The number of nitrogens with one attached hydrogen (secondary N) is 1. The molecule has 0 unspecified atom stereocenters. The maximum absolute atomic E-state index is 13.7. The molecule has 1 N–H and O–H groups in total. The normalized spacial score (nSPS) is 13.8. The molecule has 0 bridgehead atoms. The van der Waals surface area contributed by atoms with Gasteiger partial charge in [0.25, 0.3) is 5.91 Å². The van der Waals surface area contributed by atoms with Gasteiger partial charge in [0.05, 0.1) is 18.8 Å². The van der Waals surface area contributed by atoms with Crippen molar-refractivity contribution in [3.05, 3.63) is 59.9 Å². The highest BCUT2D eigenvalue weighted by Gasteiger charge is 2.18. The van der Waals surface area contributed by atoms with Crippen LogP contribution in [-0.4, -0.2) is 63.2 Å². The molecule has 0 atom stereocenters. The van der Waals surface area contributed by atoms with Gasteiger partial charge in [0.15, 0.2) is 0 Å². The van der Waals surface area contributed by atoms with E-state index in [9.17, 15) is 14.0 Å². The zero-order valence-electron chi connectivity index (χ0n) is 16.0. The van der Waals surface area contributed by atoms with E-state index in [0.29, 0.717) is 43.4 Å². The van der Waals surface area contributed by atoms with Crippen LogP contribution in [0.3, 0.4) is 0 Å². The molecule has 0 radical (unpaired) electrons. The summed E-state index contributed by atoms with van der Waals surface area (Å²) in [6.07, 6.45) is 0. The summed E-state index contributed by atoms with van der Waals surface area (Å²) in [7, 11) is 0. The topological polar surface area (TPSA) is 102 Å². The van der Waals surface area contributed by atoms with Crippen LogP contribution in [0.15, 0.2) is 48.5 Å². The van der Waals surface area contributed by atoms with Crippen LogP contribution in [0.1, 0.15) is 10.4 Å². The first-order chi connectivity index (χ1) is 14.6. The minimum atomic E-state index is -0.584. The Balaban J connectivity index is 1.39. The quantitative estimate of drug-likeness (QED) is 0.685. The van der Waals surface area contributed by atoms with Gasteiger partial charge < -0.3 is 15.0 Å². The van der Waals surface area contributed by atoms with E-state index in [2.05, 4.69) is 20.7 Å². The zero-order valence-corrected chi connectivity index (χ0v) is 16.0. The molecule has 9 nitrogen and oxygen atoms in total. The fourth-order valence-electron chi connectivity index (χ4n) is 3.01. The number of aromatic nitrogens is 4. The van der Waals surface area contributed by atoms with Crippen LogP contribution in [0.2, 0.25) is 0 Å². The predicted octanol–water partition coefficient (Wildman–Crippen LogP) is 1.59. The number of halogens is 1. The van der Waals surface area contributed by atoms with E-state index in [1.165, 1.54) is 23.0 Å². The Morgan fingerprint density at radius 1 is 1.07 bits per heavy atom. The number of hydrogen-bond donors (Lipinski definition) is 1. The highest BCUT2D eigenvalue weighted by molar-refractivity contribution is 6.04. The molecule has 30 heavy (non-hydrogen) atoms. The first-order valence-electron chi connectivity index (χ1n) is 9.40. The SMILES string of the molecule is O=C(Nc1ccc(-c2nnn(CC(=O)N3CCOCC3)n2)cc1)c1ccccc1F. The molecule has 4 rings (SSSR count). The van der Waals surface area contributed by atoms with E-state index < -0.39 is 11.7 Å². The van der Waals surface area contributed by atoms with Gasteiger partial charge in [-0.1, -0.05) is 12.1 Å². The van der Waals surface area contributed by atoms with Crippen molar-refractivity contribution in [1.82, 2.24) is 25.1 Å². The summed E-state index contributed by atoms with van der Waals surface area (Å²) in [6, 6.07) is 12.5. The van der Waals surface area contributed by atoms with Crippen molar-refractivity contribution in [3.8, 4) is 11.4 Å². The number of tetrazole rings is 1. The van der Waals surface area contributed by atoms with Crippen molar-refractivity contribution >= 4 is 17.5 Å². The molecular weight excluding hydrogens is 391 g/mol. The zero-order chi connectivity index (χ0) is 20.9. The van der Waals surface area contributed by atoms with E-state index in [0.717, 1.165) is 0 Å². The maximum atomic E-state index is 13.7. The number of benzene rings is 2. The summed E-state index contributed by atoms with van der Waals surface area (Å²) in [5.74, 6) is -0.851. The van der Waals surface area contributed by atoms with Crippen LogP contribution in [-0.2, 0) is 16.1 Å². The molecule has 1 aromatic heterocycles. The average Bonchev–Trinajstić information content (AvgIpc) is 3.23. The summed E-state index contributed by atoms with van der Waals surface area (Å²) >= 11 is 0. The van der Waals surface area contributed by atoms with E-state index in [1.54, 1.807) is 35.2 Å². The van der Waals surface area contributed by atoms with Gasteiger partial charge >= 0.3 is 0 Å². The number of rotatable bonds is 5. The van der Waals surface area contributed by atoms with Gasteiger partial charge in [-0.2, -0.15) is 4.80 Å². The van der Waals surface area contributed by atoms with Crippen molar-refractivity contribution in [1.29, 1.82) is 0 Å². The maximum Gasteiger partial charge on any atom is 0.258 e. The lowest BCUT2D eigenvalue weighted by molar-refractivity contribution is -0.136. The van der Waals surface area contributed by atoms with Crippen LogP contribution in [0.4, 0.5) is 10.1 Å². The van der Waals surface area contributed by atoms with E-state index in [-0.39, 0.29) is 18.0 Å². The van der Waals surface area contributed by atoms with Gasteiger partial charge in [0.1, 0.15) is 12.4 Å². The Morgan fingerprint density at radius 2 is 1.80 bits per heavy atom. The number of amides is 2. The number of morpholine rings is 1. The highest BCUT2D eigenvalue weighted by atomic mass is 19.1. The summed E-state index contributed by atoms with van der Waals surface area (Å²) in [5.41, 5.74) is 1.14. The van der Waals surface area contributed by atoms with Crippen molar-refractivity contribution < 1.29 is 18.7 Å². The number of hydrogen-bond acceptors (Lipinski definition) is 6. The Bertz CT molecular complexity index is 1050. The molecule has 0 spiro atoms. The van der Waals surface area contributed by atoms with Crippen molar-refractivity contribution in [3.63, 3.8) is 0 Å². The highest BCUT2D eigenvalue weighted by Crippen LogP contribution is 2.18. The fraction of sp³-hybridized carbons (Fsp3) is 0.250. The number of nitrogens with zero attached hydrogens (tertiary/aromatic N) is 5. The van der Waals surface area contributed by atoms with Crippen LogP contribution < -0.4 is 5.32 Å². The molecule has 10 heteroatoms. The molecule has 0 saturated carbocycles. The van der Waals surface area contributed by atoms with Gasteiger partial charge in [-0.05, 0) is 41.6 Å². The molecule has 0 aliphatic carbocycles. The molecule has 2 aromatic carbocycles. The summed E-state index contributed by atoms with van der Waals surface area (Å²) in [5, 5.41) is 14.8. The fourth-order valence-corrected chi connectivity index (χ4v) is 3.01. The largest absolute Gasteiger partial charge is 0.378 e. The van der Waals surface area contributed by atoms with Crippen molar-refractivity contribution in [2.24, 2.45) is 0 Å². The molecule has 1 saturated heterocycles. The second-order valence-corrected chi connectivity index (χ2v) is 6.65. The van der Waals surface area contributed by atoms with Crippen LogP contribution in [0.5, 0.6) is 0 Å². The van der Waals surface area contributed by atoms with Crippen LogP contribution >= 0.6 is 0 Å². The second-order valence-electron chi connectivity index (χ2n) is 6.65. The van der Waals surface area contributed by atoms with Gasteiger partial charge in [-0.3, -0.25) is 9.59 Å². The molecule has 3 aromatic rings. The van der Waals surface area contributed by atoms with Gasteiger partial charge in [0.2, 0.25) is 11.7 Å². The summed E-state index contributed by atoms with van der Waals surface area (Å²) in [4.78, 5) is 27.4. The lowest BCUT2D eigenvalue weighted by Crippen LogP contribution is -2.42. The van der Waals surface area contributed by atoms with Gasteiger partial charge in [-0.15, -0.1) is 10.2 Å². The van der Waals surface area contributed by atoms with E-state index in [4.69, 9.17) is 4.74 Å². The predicted molar refractivity (Wildman–Crippen MR) is 105 cm³/mol. The van der Waals surface area contributed by atoms with Crippen molar-refractivity contribution in [2.45, 2.75) is 6.54 Å². The molecule has 1 aliphatic heterocycles. The van der Waals surface area contributed by atoms with E-state index in [1.807, 2.05) is 0 Å². The van der Waals surface area contributed by atoms with Crippen LogP contribution in [0, 0.1) is 5.82 Å². The third kappa shape index (κ3) is 4.49. The number of ether oxygens (including phenoxy) is 1. The molecule has 1 aliphatic rings. The third-order valence-corrected chi connectivity index (χ3v) is 4.61. The Hall–Kier alpha value is -3.66. The Kier molecular flexibility index (Phi) is 5.75. The lowest BCUT2D eigenvalue weighted by atomic mass is 10.1. The molecule has 2 heterocycles. The molecular formula is C20H19FN6O3. The number of carbonyl (C=O) groups is 2. The first-order valence-corrected chi connectivity index (χ1v) is 9.40. The van der Waals surface area contributed by atoms with Gasteiger partial charge in [0, 0.05) is 24.3 Å². The Morgan fingerprint density at radius 3 is 2.53 bits per heavy atom. The number of anilines is 1. The number of carbonyl (C=O) groups excluding carboxylic acids is 2. The average molecular weight is 410 g/mol. The monoisotopic (exact) mass is 410 g/mol. The van der Waals surface area contributed by atoms with Crippen LogP contribution in [0.25, 0.3) is 11.4 Å². The van der Waals surface area contributed by atoms with Gasteiger partial charge in [-0.25, -0.2) is 4.39 Å². The van der Waals surface area contributed by atoms with E-state index >= 15 is 0 Å².